The van der Waals surface area contributed by atoms with Crippen molar-refractivity contribution < 1.29 is 0 Å². The second-order valence-electron chi connectivity index (χ2n) is 5.41. The number of aromatic nitrogens is 1. The average Bonchev–Trinajstić information content (AvgIpc) is 2.41. The smallest absolute Gasteiger partial charge is 0.123 e. The van der Waals surface area contributed by atoms with Gasteiger partial charge in [-0.15, -0.1) is 0 Å². The summed E-state index contributed by atoms with van der Waals surface area (Å²) in [5, 5.41) is 0. The molecule has 0 saturated carbocycles. The lowest BCUT2D eigenvalue weighted by Crippen LogP contribution is -2.33. The van der Waals surface area contributed by atoms with Crippen LogP contribution in [0.4, 0.5) is 11.5 Å². The summed E-state index contributed by atoms with van der Waals surface area (Å²) in [7, 11) is 0. The number of anilines is 2. The van der Waals surface area contributed by atoms with Crippen LogP contribution in [0.25, 0.3) is 0 Å². The zero-order chi connectivity index (χ0) is 13.2. The van der Waals surface area contributed by atoms with E-state index in [0.717, 1.165) is 13.1 Å². The van der Waals surface area contributed by atoms with Crippen molar-refractivity contribution in [2.24, 2.45) is 5.92 Å². The van der Waals surface area contributed by atoms with Crippen LogP contribution in [0.1, 0.15) is 18.1 Å². The first-order valence-corrected chi connectivity index (χ1v) is 6.75. The predicted molar refractivity (Wildman–Crippen MR) is 79.0 cm³/mol. The topological polar surface area (TPSA) is 42.1 Å². The van der Waals surface area contributed by atoms with E-state index in [4.69, 9.17) is 5.73 Å². The molecule has 0 bridgehead atoms. The van der Waals surface area contributed by atoms with Gasteiger partial charge in [-0.2, -0.15) is 0 Å². The van der Waals surface area contributed by atoms with Crippen molar-refractivity contribution in [1.29, 1.82) is 0 Å². The minimum atomic E-state index is 0.580. The maximum Gasteiger partial charge on any atom is 0.123 e. The molecular weight excluding hydrogens is 234 g/mol. The highest BCUT2D eigenvalue weighted by Crippen LogP contribution is 2.30. The van der Waals surface area contributed by atoms with Gasteiger partial charge in [-0.1, -0.05) is 31.2 Å². The third-order valence-electron chi connectivity index (χ3n) is 3.65. The van der Waals surface area contributed by atoms with Crippen LogP contribution in [-0.2, 0) is 13.0 Å². The number of fused-ring (bicyclic) bond motifs is 1. The number of rotatable bonds is 2. The van der Waals surface area contributed by atoms with Gasteiger partial charge in [-0.3, -0.25) is 0 Å². The van der Waals surface area contributed by atoms with Gasteiger partial charge < -0.3 is 10.6 Å². The number of nitrogen functional groups attached to an aromatic ring is 1. The zero-order valence-electron chi connectivity index (χ0n) is 11.2. The molecule has 0 amide bonds. The van der Waals surface area contributed by atoms with E-state index in [9.17, 15) is 0 Å². The van der Waals surface area contributed by atoms with Gasteiger partial charge in [0.15, 0.2) is 0 Å². The normalized spacial score (nSPS) is 18.2. The van der Waals surface area contributed by atoms with Gasteiger partial charge in [-0.05, 0) is 35.6 Å². The highest BCUT2D eigenvalue weighted by atomic mass is 15.1. The highest BCUT2D eigenvalue weighted by Gasteiger charge is 2.21. The quantitative estimate of drug-likeness (QED) is 0.895. The lowest BCUT2D eigenvalue weighted by molar-refractivity contribution is 0.530. The summed E-state index contributed by atoms with van der Waals surface area (Å²) in [4.78, 5) is 6.61. The second-order valence-corrected chi connectivity index (χ2v) is 5.41. The predicted octanol–water partition coefficient (Wildman–Crippen LogP) is 2.86. The summed E-state index contributed by atoms with van der Waals surface area (Å²) in [6.45, 7) is 4.31. The Labute approximate surface area is 114 Å². The van der Waals surface area contributed by atoms with Crippen molar-refractivity contribution in [1.82, 2.24) is 4.98 Å². The fraction of sp³-hybridized carbons (Fsp3) is 0.312. The molecule has 1 aromatic carbocycles. The number of pyridine rings is 1. The van der Waals surface area contributed by atoms with Gasteiger partial charge >= 0.3 is 0 Å². The lowest BCUT2D eigenvalue weighted by Gasteiger charge is -2.34. The van der Waals surface area contributed by atoms with Crippen molar-refractivity contribution in [3.63, 3.8) is 0 Å². The molecule has 98 valence electrons. The van der Waals surface area contributed by atoms with Crippen LogP contribution in [0.3, 0.4) is 0 Å². The van der Waals surface area contributed by atoms with Crippen molar-refractivity contribution in [3.05, 3.63) is 53.7 Å². The summed E-state index contributed by atoms with van der Waals surface area (Å²) < 4.78 is 0. The minimum absolute atomic E-state index is 0.580. The van der Waals surface area contributed by atoms with E-state index in [1.54, 1.807) is 0 Å². The van der Waals surface area contributed by atoms with Crippen LogP contribution in [0.2, 0.25) is 0 Å². The molecule has 2 heterocycles. The van der Waals surface area contributed by atoms with Crippen LogP contribution in [0, 0.1) is 5.92 Å². The first kappa shape index (κ1) is 12.0. The maximum absolute atomic E-state index is 5.63. The van der Waals surface area contributed by atoms with Gasteiger partial charge in [0.1, 0.15) is 5.82 Å². The summed E-state index contributed by atoms with van der Waals surface area (Å²) in [5.74, 6) is 1.27. The van der Waals surface area contributed by atoms with Crippen molar-refractivity contribution in [2.75, 3.05) is 17.2 Å². The summed E-state index contributed by atoms with van der Waals surface area (Å²) >= 11 is 0. The Morgan fingerprint density at radius 1 is 1.26 bits per heavy atom. The van der Waals surface area contributed by atoms with E-state index in [2.05, 4.69) is 47.1 Å². The summed E-state index contributed by atoms with van der Waals surface area (Å²) in [6.07, 6.45) is 3.05. The van der Waals surface area contributed by atoms with Gasteiger partial charge in [0.2, 0.25) is 0 Å². The molecular formula is C16H19N3. The minimum Gasteiger partial charge on any atom is -0.384 e. The SMILES string of the molecule is CC1Cc2ccccc2N(Cc2ccc(N)nc2)C1. The average molecular weight is 253 g/mol. The number of nitrogens with two attached hydrogens (primary N) is 1. The lowest BCUT2D eigenvalue weighted by atomic mass is 9.93. The molecule has 1 aliphatic heterocycles. The van der Waals surface area contributed by atoms with Crippen molar-refractivity contribution in [2.45, 2.75) is 19.9 Å². The molecule has 0 radical (unpaired) electrons. The first-order chi connectivity index (χ1) is 9.22. The van der Waals surface area contributed by atoms with E-state index < -0.39 is 0 Å². The van der Waals surface area contributed by atoms with Gasteiger partial charge in [0.05, 0.1) is 0 Å². The van der Waals surface area contributed by atoms with Gasteiger partial charge in [0, 0.05) is 25.0 Å². The Hall–Kier alpha value is -2.03. The van der Waals surface area contributed by atoms with Crippen molar-refractivity contribution >= 4 is 11.5 Å². The Kier molecular flexibility index (Phi) is 3.11. The number of benzene rings is 1. The fourth-order valence-corrected chi connectivity index (χ4v) is 2.81. The van der Waals surface area contributed by atoms with Gasteiger partial charge in [0.25, 0.3) is 0 Å². The molecule has 1 atom stereocenters. The third-order valence-corrected chi connectivity index (χ3v) is 3.65. The van der Waals surface area contributed by atoms with E-state index in [-0.39, 0.29) is 0 Å². The third kappa shape index (κ3) is 2.55. The Morgan fingerprint density at radius 3 is 2.89 bits per heavy atom. The van der Waals surface area contributed by atoms with E-state index in [0.29, 0.717) is 11.7 Å². The van der Waals surface area contributed by atoms with E-state index in [1.165, 1.54) is 23.2 Å². The molecule has 3 heteroatoms. The standard InChI is InChI=1S/C16H19N3/c1-12-8-14-4-2-3-5-15(14)19(10-12)11-13-6-7-16(17)18-9-13/h2-7,9,12H,8,10-11H2,1H3,(H2,17,18). The van der Waals surface area contributed by atoms with Crippen LogP contribution < -0.4 is 10.6 Å². The first-order valence-electron chi connectivity index (χ1n) is 6.75. The number of para-hydroxylation sites is 1. The monoisotopic (exact) mass is 253 g/mol. The number of hydrogen-bond donors (Lipinski definition) is 1. The largest absolute Gasteiger partial charge is 0.384 e. The number of hydrogen-bond acceptors (Lipinski definition) is 3. The Bertz CT molecular complexity index is 562. The van der Waals surface area contributed by atoms with E-state index >= 15 is 0 Å². The second kappa shape index (κ2) is 4.92. The summed E-state index contributed by atoms with van der Waals surface area (Å²) in [5.41, 5.74) is 9.65. The zero-order valence-corrected chi connectivity index (χ0v) is 11.2. The van der Waals surface area contributed by atoms with Crippen LogP contribution in [0.5, 0.6) is 0 Å². The fourth-order valence-electron chi connectivity index (χ4n) is 2.81. The Morgan fingerprint density at radius 2 is 2.11 bits per heavy atom. The van der Waals surface area contributed by atoms with Crippen LogP contribution >= 0.6 is 0 Å². The molecule has 0 fully saturated rings. The molecule has 3 rings (SSSR count). The Balaban J connectivity index is 1.86. The van der Waals surface area contributed by atoms with Crippen LogP contribution in [-0.4, -0.2) is 11.5 Å². The molecule has 0 spiro atoms. The maximum atomic E-state index is 5.63. The highest BCUT2D eigenvalue weighted by molar-refractivity contribution is 5.56. The molecule has 3 nitrogen and oxygen atoms in total. The molecule has 2 N–H and O–H groups in total. The molecule has 0 aliphatic carbocycles. The molecule has 1 aliphatic rings. The molecule has 2 aromatic rings. The molecule has 19 heavy (non-hydrogen) atoms. The van der Waals surface area contributed by atoms with Crippen molar-refractivity contribution in [3.8, 4) is 0 Å². The molecule has 0 saturated heterocycles. The summed E-state index contributed by atoms with van der Waals surface area (Å²) in [6, 6.07) is 12.6. The molecule has 1 unspecified atom stereocenters. The van der Waals surface area contributed by atoms with Crippen LogP contribution in [0.15, 0.2) is 42.6 Å². The van der Waals surface area contributed by atoms with Gasteiger partial charge in [-0.25, -0.2) is 4.98 Å². The number of nitrogens with zero attached hydrogens (tertiary/aromatic N) is 2. The van der Waals surface area contributed by atoms with E-state index in [1.807, 2.05) is 12.3 Å². The molecule has 1 aromatic heterocycles.